The van der Waals surface area contributed by atoms with Crippen molar-refractivity contribution in [3.05, 3.63) is 71.8 Å². The number of carbonyl (C=O) groups is 1. The Balaban J connectivity index is 2.03. The molecule has 2 unspecified atom stereocenters. The molecule has 0 spiro atoms. The van der Waals surface area contributed by atoms with Crippen LogP contribution in [0.15, 0.2) is 60.7 Å². The molecule has 0 aliphatic rings. The minimum Gasteiger partial charge on any atom is -0.390 e. The Morgan fingerprint density at radius 1 is 1.05 bits per heavy atom. The van der Waals surface area contributed by atoms with E-state index in [4.69, 9.17) is 0 Å². The zero-order chi connectivity index (χ0) is 15.3. The second-order valence-corrected chi connectivity index (χ2v) is 5.38. The lowest BCUT2D eigenvalue weighted by Crippen LogP contribution is -2.47. The van der Waals surface area contributed by atoms with Crippen molar-refractivity contribution in [3.63, 3.8) is 0 Å². The molecule has 2 N–H and O–H groups in total. The van der Waals surface area contributed by atoms with Crippen LogP contribution in [0.4, 0.5) is 0 Å². The number of benzene rings is 2. The van der Waals surface area contributed by atoms with Crippen LogP contribution in [-0.2, 0) is 6.42 Å². The van der Waals surface area contributed by atoms with Gasteiger partial charge in [0.1, 0.15) is 0 Å². The lowest BCUT2D eigenvalue weighted by Gasteiger charge is -2.27. The third kappa shape index (κ3) is 3.78. The molecule has 2 aromatic rings. The van der Waals surface area contributed by atoms with Crippen molar-refractivity contribution in [1.82, 2.24) is 0 Å². The van der Waals surface area contributed by atoms with Crippen molar-refractivity contribution < 1.29 is 15.0 Å². The summed E-state index contributed by atoms with van der Waals surface area (Å²) in [5, 5.41) is 20.6. The van der Waals surface area contributed by atoms with E-state index in [1.54, 1.807) is 30.3 Å². The summed E-state index contributed by atoms with van der Waals surface area (Å²) in [6.45, 7) is 1.37. The summed E-state index contributed by atoms with van der Waals surface area (Å²) in [7, 11) is 0. The number of hydrogen-bond donors (Lipinski definition) is 2. The molecule has 0 saturated carbocycles. The topological polar surface area (TPSA) is 57.5 Å². The summed E-state index contributed by atoms with van der Waals surface area (Å²) >= 11 is 0. The molecule has 0 fully saturated rings. The molecule has 3 nitrogen and oxygen atoms in total. The van der Waals surface area contributed by atoms with E-state index in [1.807, 2.05) is 30.3 Å². The molecule has 0 bridgehead atoms. The summed E-state index contributed by atoms with van der Waals surface area (Å²) in [5.41, 5.74) is -0.309. The van der Waals surface area contributed by atoms with Gasteiger partial charge in [0.2, 0.25) is 0 Å². The molecule has 3 heteroatoms. The molecule has 0 aromatic heterocycles. The highest BCUT2D eigenvalue weighted by Gasteiger charge is 2.38. The van der Waals surface area contributed by atoms with Crippen LogP contribution in [0.1, 0.15) is 29.3 Å². The largest absolute Gasteiger partial charge is 0.390 e. The molecule has 0 saturated heterocycles. The number of ketones is 1. The summed E-state index contributed by atoms with van der Waals surface area (Å²) < 4.78 is 0. The zero-order valence-corrected chi connectivity index (χ0v) is 12.1. The molecular formula is C18H20O3. The Bertz CT molecular complexity index is 576. The second kappa shape index (κ2) is 6.66. The van der Waals surface area contributed by atoms with Crippen LogP contribution >= 0.6 is 0 Å². The van der Waals surface area contributed by atoms with Gasteiger partial charge in [-0.15, -0.1) is 0 Å². The highest BCUT2D eigenvalue weighted by molar-refractivity contribution is 6.02. The predicted molar refractivity (Wildman–Crippen MR) is 82.2 cm³/mol. The van der Waals surface area contributed by atoms with Gasteiger partial charge in [-0.05, 0) is 25.3 Å². The molecule has 110 valence electrons. The lowest BCUT2D eigenvalue weighted by atomic mass is 9.86. The zero-order valence-electron chi connectivity index (χ0n) is 12.1. The predicted octanol–water partition coefficient (Wildman–Crippen LogP) is 2.61. The van der Waals surface area contributed by atoms with E-state index in [0.717, 1.165) is 5.56 Å². The highest BCUT2D eigenvalue weighted by Crippen LogP contribution is 2.21. The Labute approximate surface area is 124 Å². The monoisotopic (exact) mass is 284 g/mol. The number of carbonyl (C=O) groups excluding carboxylic acids is 1. The van der Waals surface area contributed by atoms with E-state index >= 15 is 0 Å². The first-order valence-electron chi connectivity index (χ1n) is 7.06. The first kappa shape index (κ1) is 15.4. The van der Waals surface area contributed by atoms with Crippen molar-refractivity contribution in [2.45, 2.75) is 31.5 Å². The fourth-order valence-corrected chi connectivity index (χ4v) is 2.26. The van der Waals surface area contributed by atoms with Crippen molar-refractivity contribution >= 4 is 5.78 Å². The number of rotatable bonds is 6. The van der Waals surface area contributed by atoms with Gasteiger partial charge in [-0.3, -0.25) is 4.79 Å². The van der Waals surface area contributed by atoms with E-state index in [1.165, 1.54) is 6.92 Å². The van der Waals surface area contributed by atoms with E-state index in [2.05, 4.69) is 0 Å². The SMILES string of the molecule is CC(O)(C(=O)c1ccccc1)C(O)CCc1ccccc1. The van der Waals surface area contributed by atoms with Crippen LogP contribution in [0.2, 0.25) is 0 Å². The maximum Gasteiger partial charge on any atom is 0.196 e. The van der Waals surface area contributed by atoms with E-state index in [9.17, 15) is 15.0 Å². The third-order valence-electron chi connectivity index (χ3n) is 3.69. The smallest absolute Gasteiger partial charge is 0.196 e. The van der Waals surface area contributed by atoms with Crippen LogP contribution in [0.5, 0.6) is 0 Å². The lowest BCUT2D eigenvalue weighted by molar-refractivity contribution is -0.0423. The normalized spacial score (nSPS) is 15.2. The van der Waals surface area contributed by atoms with Crippen molar-refractivity contribution in [2.24, 2.45) is 0 Å². The number of hydrogen-bond acceptors (Lipinski definition) is 3. The Morgan fingerprint density at radius 2 is 1.57 bits per heavy atom. The van der Waals surface area contributed by atoms with Gasteiger partial charge in [-0.1, -0.05) is 60.7 Å². The van der Waals surface area contributed by atoms with Crippen LogP contribution in [0, 0.1) is 0 Å². The van der Waals surface area contributed by atoms with Crippen molar-refractivity contribution in [1.29, 1.82) is 0 Å². The number of aliphatic hydroxyl groups is 2. The molecule has 21 heavy (non-hydrogen) atoms. The van der Waals surface area contributed by atoms with Gasteiger partial charge in [-0.2, -0.15) is 0 Å². The number of aliphatic hydroxyl groups excluding tert-OH is 1. The van der Waals surface area contributed by atoms with Crippen molar-refractivity contribution in [3.8, 4) is 0 Å². The molecule has 0 aliphatic carbocycles. The van der Waals surface area contributed by atoms with Gasteiger partial charge in [0.15, 0.2) is 11.4 Å². The fourth-order valence-electron chi connectivity index (χ4n) is 2.26. The minimum atomic E-state index is -1.78. The minimum absolute atomic E-state index is 0.329. The summed E-state index contributed by atoms with van der Waals surface area (Å²) in [6, 6.07) is 18.2. The molecule has 0 aliphatic heterocycles. The molecule has 2 rings (SSSR count). The molecule has 2 aromatic carbocycles. The molecule has 0 heterocycles. The maximum atomic E-state index is 12.3. The first-order chi connectivity index (χ1) is 10.0. The summed E-state index contributed by atoms with van der Waals surface area (Å²) in [5.74, 6) is -0.455. The average molecular weight is 284 g/mol. The van der Waals surface area contributed by atoms with Crippen LogP contribution in [0.3, 0.4) is 0 Å². The van der Waals surface area contributed by atoms with Crippen molar-refractivity contribution in [2.75, 3.05) is 0 Å². The van der Waals surface area contributed by atoms with Gasteiger partial charge in [-0.25, -0.2) is 0 Å². The average Bonchev–Trinajstić information content (AvgIpc) is 2.53. The van der Waals surface area contributed by atoms with Gasteiger partial charge in [0.05, 0.1) is 6.10 Å². The van der Waals surface area contributed by atoms with E-state index in [-0.39, 0.29) is 0 Å². The standard InChI is InChI=1S/C18H20O3/c1-18(21,17(20)15-10-6-3-7-11-15)16(19)13-12-14-8-4-2-5-9-14/h2-11,16,19,21H,12-13H2,1H3. The van der Waals surface area contributed by atoms with Gasteiger partial charge in [0.25, 0.3) is 0 Å². The Kier molecular flexibility index (Phi) is 4.89. The maximum absolute atomic E-state index is 12.3. The van der Waals surface area contributed by atoms with Crippen LogP contribution in [-0.4, -0.2) is 27.7 Å². The Hall–Kier alpha value is -1.97. The van der Waals surface area contributed by atoms with E-state index in [0.29, 0.717) is 18.4 Å². The quantitative estimate of drug-likeness (QED) is 0.802. The highest BCUT2D eigenvalue weighted by atomic mass is 16.3. The number of Topliss-reactive ketones (excluding diaryl/α,β-unsaturated/α-hetero) is 1. The fraction of sp³-hybridized carbons (Fsp3) is 0.278. The molecule has 0 radical (unpaired) electrons. The number of aryl methyl sites for hydroxylation is 1. The summed E-state index contributed by atoms with van der Waals surface area (Å²) in [6.07, 6.45) is -0.166. The van der Waals surface area contributed by atoms with Crippen LogP contribution < -0.4 is 0 Å². The summed E-state index contributed by atoms with van der Waals surface area (Å²) in [4.78, 5) is 12.3. The van der Waals surface area contributed by atoms with Crippen LogP contribution in [0.25, 0.3) is 0 Å². The van der Waals surface area contributed by atoms with Gasteiger partial charge in [0, 0.05) is 5.56 Å². The van der Waals surface area contributed by atoms with E-state index < -0.39 is 17.5 Å². The molecular weight excluding hydrogens is 264 g/mol. The molecule has 2 atom stereocenters. The van der Waals surface area contributed by atoms with Gasteiger partial charge < -0.3 is 10.2 Å². The Morgan fingerprint density at radius 3 is 2.14 bits per heavy atom. The van der Waals surface area contributed by atoms with Gasteiger partial charge >= 0.3 is 0 Å². The first-order valence-corrected chi connectivity index (χ1v) is 7.06. The second-order valence-electron chi connectivity index (χ2n) is 5.38. The molecule has 0 amide bonds. The third-order valence-corrected chi connectivity index (χ3v) is 3.69.